The number of nitrogens with two attached hydrogens (primary N) is 1. The Labute approximate surface area is 169 Å². The lowest BCUT2D eigenvalue weighted by Gasteiger charge is -2.05. The number of methoxy groups -OCH3 is 1. The lowest BCUT2D eigenvalue weighted by Crippen LogP contribution is -2.27. The molecule has 4 N–H and O–H groups in total. The number of aliphatic imine (C=N–C) groups is 1. The van der Waals surface area contributed by atoms with E-state index in [0.29, 0.717) is 6.54 Å². The molecule has 3 aromatic rings. The molecule has 0 saturated carbocycles. The molecule has 0 atom stereocenters. The molecular weight excluding hydrogens is 374 g/mol. The molecule has 1 heterocycles. The molecule has 0 saturated heterocycles. The van der Waals surface area contributed by atoms with Crippen LogP contribution in [0, 0.1) is 0 Å². The highest BCUT2D eigenvalue weighted by Crippen LogP contribution is 2.27. The number of benzene rings is 2. The predicted octanol–water partition coefficient (Wildman–Crippen LogP) is 3.87. The van der Waals surface area contributed by atoms with Gasteiger partial charge in [0.2, 0.25) is 5.96 Å². The summed E-state index contributed by atoms with van der Waals surface area (Å²) in [6.07, 6.45) is 5.34. The molecule has 3 rings (SSSR count). The number of aromatic nitrogens is 1. The lowest BCUT2D eigenvalue weighted by molar-refractivity contribution is 0.415. The van der Waals surface area contributed by atoms with E-state index in [2.05, 4.69) is 27.4 Å². The van der Waals surface area contributed by atoms with Crippen LogP contribution >= 0.6 is 11.6 Å². The van der Waals surface area contributed by atoms with Gasteiger partial charge in [0.25, 0.3) is 0 Å². The van der Waals surface area contributed by atoms with Gasteiger partial charge in [-0.15, -0.1) is 0 Å². The van der Waals surface area contributed by atoms with Crippen LogP contribution in [0.3, 0.4) is 0 Å². The minimum Gasteiger partial charge on any atom is -0.497 e. The van der Waals surface area contributed by atoms with Crippen molar-refractivity contribution in [3.63, 3.8) is 0 Å². The van der Waals surface area contributed by atoms with Gasteiger partial charge in [0, 0.05) is 34.2 Å². The van der Waals surface area contributed by atoms with E-state index in [1.165, 1.54) is 5.56 Å². The van der Waals surface area contributed by atoms with Crippen LogP contribution in [0.4, 0.5) is 0 Å². The third-order valence-corrected chi connectivity index (χ3v) is 4.72. The van der Waals surface area contributed by atoms with Crippen molar-refractivity contribution in [1.82, 2.24) is 10.4 Å². The maximum Gasteiger partial charge on any atom is 0.209 e. The van der Waals surface area contributed by atoms with E-state index in [9.17, 15) is 0 Å². The number of rotatable bonds is 7. The second-order valence-corrected chi connectivity index (χ2v) is 6.76. The molecule has 2 aromatic carbocycles. The molecule has 0 aliphatic carbocycles. The minimum absolute atomic E-state index is 0.275. The number of aromatic amines is 1. The van der Waals surface area contributed by atoms with Crippen LogP contribution in [0.15, 0.2) is 52.7 Å². The fourth-order valence-corrected chi connectivity index (χ4v) is 3.09. The summed E-state index contributed by atoms with van der Waals surface area (Å²) in [5.41, 5.74) is 13.0. The Balaban J connectivity index is 1.62. The van der Waals surface area contributed by atoms with Gasteiger partial charge in [0.05, 0.1) is 13.3 Å². The van der Waals surface area contributed by atoms with Crippen molar-refractivity contribution in [2.45, 2.75) is 19.8 Å². The zero-order valence-corrected chi connectivity index (χ0v) is 16.8. The second kappa shape index (κ2) is 9.28. The molecule has 6 nitrogen and oxygen atoms in total. The fourth-order valence-electron chi connectivity index (χ4n) is 2.96. The summed E-state index contributed by atoms with van der Waals surface area (Å²) in [6.45, 7) is 2.69. The van der Waals surface area contributed by atoms with Crippen LogP contribution in [0.5, 0.6) is 5.75 Å². The predicted molar refractivity (Wildman–Crippen MR) is 117 cm³/mol. The maximum atomic E-state index is 5.88. The topological polar surface area (TPSA) is 87.8 Å². The van der Waals surface area contributed by atoms with Crippen LogP contribution < -0.4 is 15.9 Å². The van der Waals surface area contributed by atoms with E-state index in [1.54, 1.807) is 13.3 Å². The summed E-state index contributed by atoms with van der Waals surface area (Å²) in [4.78, 5) is 7.59. The largest absolute Gasteiger partial charge is 0.497 e. The number of aryl methyl sites for hydroxylation is 1. The number of H-pyrrole nitrogens is 1. The van der Waals surface area contributed by atoms with E-state index in [0.717, 1.165) is 45.6 Å². The average molecular weight is 398 g/mol. The number of halogens is 1. The number of nitrogens with zero attached hydrogens (tertiary/aromatic N) is 2. The summed E-state index contributed by atoms with van der Waals surface area (Å²) in [5, 5.41) is 5.98. The second-order valence-electron chi connectivity index (χ2n) is 6.32. The Morgan fingerprint density at radius 3 is 2.79 bits per heavy atom. The number of fused-ring (bicyclic) bond motifs is 1. The van der Waals surface area contributed by atoms with E-state index >= 15 is 0 Å². The monoisotopic (exact) mass is 397 g/mol. The van der Waals surface area contributed by atoms with Crippen LogP contribution in [-0.4, -0.2) is 30.8 Å². The molecule has 0 aliphatic heterocycles. The molecule has 0 fully saturated rings. The Hall–Kier alpha value is -2.99. The first-order valence-corrected chi connectivity index (χ1v) is 9.50. The van der Waals surface area contributed by atoms with Gasteiger partial charge in [-0.05, 0) is 48.2 Å². The average Bonchev–Trinajstić information content (AvgIpc) is 3.11. The highest BCUT2D eigenvalue weighted by Gasteiger charge is 2.08. The highest BCUT2D eigenvalue weighted by atomic mass is 35.5. The smallest absolute Gasteiger partial charge is 0.209 e. The summed E-state index contributed by atoms with van der Waals surface area (Å²) in [7, 11) is 1.67. The first-order valence-electron chi connectivity index (χ1n) is 9.12. The van der Waals surface area contributed by atoms with Crippen LogP contribution in [0.1, 0.15) is 23.6 Å². The van der Waals surface area contributed by atoms with E-state index in [-0.39, 0.29) is 5.96 Å². The molecule has 146 valence electrons. The van der Waals surface area contributed by atoms with E-state index in [4.69, 9.17) is 22.1 Å². The van der Waals surface area contributed by atoms with Gasteiger partial charge in [-0.3, -0.25) is 4.99 Å². The molecule has 28 heavy (non-hydrogen) atoms. The maximum absolute atomic E-state index is 5.88. The van der Waals surface area contributed by atoms with Gasteiger partial charge in [0.1, 0.15) is 5.75 Å². The van der Waals surface area contributed by atoms with Crippen molar-refractivity contribution in [2.24, 2.45) is 15.8 Å². The number of ether oxygens (including phenoxy) is 1. The van der Waals surface area contributed by atoms with Crippen LogP contribution in [0.2, 0.25) is 5.02 Å². The van der Waals surface area contributed by atoms with Gasteiger partial charge in [-0.1, -0.05) is 30.7 Å². The molecule has 7 heteroatoms. The molecule has 0 radical (unpaired) electrons. The van der Waals surface area contributed by atoms with E-state index < -0.39 is 0 Å². The summed E-state index contributed by atoms with van der Waals surface area (Å²) in [6, 6.07) is 11.7. The molecule has 0 bridgehead atoms. The van der Waals surface area contributed by atoms with Gasteiger partial charge in [0.15, 0.2) is 0 Å². The first kappa shape index (κ1) is 19.8. The first-order chi connectivity index (χ1) is 13.6. The molecule has 0 unspecified atom stereocenters. The van der Waals surface area contributed by atoms with Crippen molar-refractivity contribution in [3.05, 3.63) is 64.3 Å². The number of guanidine groups is 1. The lowest BCUT2D eigenvalue weighted by atomic mass is 10.1. The van der Waals surface area contributed by atoms with Gasteiger partial charge >= 0.3 is 0 Å². The zero-order chi connectivity index (χ0) is 19.9. The molecular formula is C21H24ClN5O. The Morgan fingerprint density at radius 1 is 1.29 bits per heavy atom. The molecule has 0 spiro atoms. The highest BCUT2D eigenvalue weighted by molar-refractivity contribution is 6.30. The number of hydrogen-bond acceptors (Lipinski definition) is 3. The summed E-state index contributed by atoms with van der Waals surface area (Å²) in [5.74, 6) is 1.10. The van der Waals surface area contributed by atoms with Crippen molar-refractivity contribution in [1.29, 1.82) is 0 Å². The van der Waals surface area contributed by atoms with Crippen molar-refractivity contribution in [2.75, 3.05) is 13.7 Å². The third kappa shape index (κ3) is 4.84. The van der Waals surface area contributed by atoms with Crippen molar-refractivity contribution < 1.29 is 4.74 Å². The van der Waals surface area contributed by atoms with E-state index in [1.807, 2.05) is 42.6 Å². The summed E-state index contributed by atoms with van der Waals surface area (Å²) >= 11 is 5.88. The Morgan fingerprint density at radius 2 is 2.07 bits per heavy atom. The van der Waals surface area contributed by atoms with Crippen LogP contribution in [-0.2, 0) is 12.8 Å². The normalized spacial score (nSPS) is 12.0. The van der Waals surface area contributed by atoms with Gasteiger partial charge < -0.3 is 15.5 Å². The van der Waals surface area contributed by atoms with Gasteiger partial charge in [-0.25, -0.2) is 5.43 Å². The molecule has 0 aliphatic rings. The van der Waals surface area contributed by atoms with Crippen LogP contribution in [0.25, 0.3) is 10.9 Å². The number of nitrogens with one attached hydrogen (secondary N) is 2. The standard InChI is InChI=1S/C21H24ClN5O/c1-3-15-10-18(28-2)11-19-16(12-25-20(15)19)13-26-27-21(23)24-9-8-14-4-6-17(22)7-5-14/h4-7,10-13,25H,3,8-9H2,1-2H3,(H3,23,24,27)/b26-13+. The zero-order valence-electron chi connectivity index (χ0n) is 16.0. The molecule has 0 amide bonds. The number of hydrazone groups is 1. The van der Waals surface area contributed by atoms with Gasteiger partial charge in [-0.2, -0.15) is 5.10 Å². The Kier molecular flexibility index (Phi) is 6.55. The Bertz CT molecular complexity index is 992. The van der Waals surface area contributed by atoms with Crippen molar-refractivity contribution >= 4 is 34.7 Å². The van der Waals surface area contributed by atoms with Crippen molar-refractivity contribution in [3.8, 4) is 5.75 Å². The SMILES string of the molecule is CCc1cc(OC)cc2c(/C=N/NC(N)=NCCc3ccc(Cl)cc3)c[nH]c12. The fraction of sp³-hybridized carbons (Fsp3) is 0.238. The minimum atomic E-state index is 0.275. The molecule has 1 aromatic heterocycles. The number of hydrogen-bond donors (Lipinski definition) is 3. The third-order valence-electron chi connectivity index (χ3n) is 4.47. The quantitative estimate of drug-likeness (QED) is 0.321. The summed E-state index contributed by atoms with van der Waals surface area (Å²) < 4.78 is 5.40.